The van der Waals surface area contributed by atoms with Gasteiger partial charge in [-0.3, -0.25) is 9.13 Å². The van der Waals surface area contributed by atoms with Crippen molar-refractivity contribution in [1.82, 2.24) is 0 Å². The molecule has 0 aromatic rings. The first-order valence-electron chi connectivity index (χ1n) is 3.98. The van der Waals surface area contributed by atoms with E-state index in [2.05, 4.69) is 0 Å². The molecule has 0 aliphatic carbocycles. The van der Waals surface area contributed by atoms with Crippen LogP contribution in [0.15, 0.2) is 0 Å². The maximum absolute atomic E-state index is 11.4. The second-order valence-corrected chi connectivity index (χ2v) is 6.71. The Morgan fingerprint density at radius 2 is 1.23 bits per heavy atom. The second kappa shape index (κ2) is 5.28. The molecule has 0 spiro atoms. The zero-order chi connectivity index (χ0) is 10.5. The summed E-state index contributed by atoms with van der Waals surface area (Å²) in [6.07, 6.45) is 0. The first-order chi connectivity index (χ1) is 5.83. The van der Waals surface area contributed by atoms with Crippen molar-refractivity contribution in [3.63, 3.8) is 0 Å². The van der Waals surface area contributed by atoms with Crippen molar-refractivity contribution in [1.29, 1.82) is 0 Å². The van der Waals surface area contributed by atoms with Gasteiger partial charge in [-0.15, -0.1) is 0 Å². The average molecular weight is 230 g/mol. The smallest absolute Gasteiger partial charge is 0.309 e. The van der Waals surface area contributed by atoms with Gasteiger partial charge >= 0.3 is 15.2 Å². The molecule has 0 heterocycles. The summed E-state index contributed by atoms with van der Waals surface area (Å²) in [6, 6.07) is 0. The molecule has 0 aromatic heterocycles. The van der Waals surface area contributed by atoms with Gasteiger partial charge in [-0.1, -0.05) is 0 Å². The maximum Gasteiger partial charge on any atom is 0.334 e. The first-order valence-corrected chi connectivity index (χ1v) is 7.96. The lowest BCUT2D eigenvalue weighted by Crippen LogP contribution is -1.95. The van der Waals surface area contributed by atoms with Crippen molar-refractivity contribution >= 4 is 15.2 Å². The molecule has 0 saturated heterocycles. The van der Waals surface area contributed by atoms with E-state index in [1.54, 1.807) is 13.8 Å². The van der Waals surface area contributed by atoms with Crippen LogP contribution in [-0.2, 0) is 22.5 Å². The molecule has 0 N–H and O–H groups in total. The number of hydrogen-bond donors (Lipinski definition) is 0. The molecular weight excluding hydrogens is 214 g/mol. The van der Waals surface area contributed by atoms with Gasteiger partial charge in [-0.05, 0) is 13.8 Å². The molecule has 0 amide bonds. The molecule has 0 aliphatic rings. The van der Waals surface area contributed by atoms with Crippen LogP contribution < -0.4 is 0 Å². The molecule has 0 saturated carbocycles. The topological polar surface area (TPSA) is 61.8 Å². The highest BCUT2D eigenvalue weighted by atomic mass is 31.3. The van der Waals surface area contributed by atoms with Crippen LogP contribution in [0.3, 0.4) is 0 Å². The van der Waals surface area contributed by atoms with E-state index in [0.717, 1.165) is 0 Å². The molecule has 0 aliphatic heterocycles. The largest absolute Gasteiger partial charge is 0.334 e. The Kier molecular flexibility index (Phi) is 5.42. The van der Waals surface area contributed by atoms with Crippen LogP contribution in [0, 0.1) is 0 Å². The fourth-order valence-corrected chi connectivity index (χ4v) is 4.26. The van der Waals surface area contributed by atoms with E-state index >= 15 is 0 Å². The molecule has 13 heavy (non-hydrogen) atoms. The minimum Gasteiger partial charge on any atom is -0.309 e. The van der Waals surface area contributed by atoms with Crippen LogP contribution in [0.25, 0.3) is 0 Å². The van der Waals surface area contributed by atoms with E-state index in [4.69, 9.17) is 13.4 Å². The molecule has 2 unspecified atom stereocenters. The average Bonchev–Trinajstić information content (AvgIpc) is 1.82. The molecule has 7 heteroatoms. The third-order valence-electron chi connectivity index (χ3n) is 1.02. The molecule has 0 bridgehead atoms. The summed E-state index contributed by atoms with van der Waals surface area (Å²) >= 11 is 0. The van der Waals surface area contributed by atoms with Crippen LogP contribution in [-0.4, -0.2) is 26.5 Å². The van der Waals surface area contributed by atoms with Gasteiger partial charge < -0.3 is 9.05 Å². The summed E-state index contributed by atoms with van der Waals surface area (Å²) < 4.78 is 37.2. The molecular formula is C6H16O5P2. The molecule has 0 aromatic carbocycles. The van der Waals surface area contributed by atoms with Crippen molar-refractivity contribution in [3.05, 3.63) is 0 Å². The van der Waals surface area contributed by atoms with Crippen molar-refractivity contribution in [3.8, 4) is 0 Å². The van der Waals surface area contributed by atoms with Gasteiger partial charge in [0, 0.05) is 13.3 Å². The van der Waals surface area contributed by atoms with Crippen molar-refractivity contribution in [2.24, 2.45) is 0 Å². The number of hydrogen-bond acceptors (Lipinski definition) is 5. The van der Waals surface area contributed by atoms with Crippen LogP contribution in [0.5, 0.6) is 0 Å². The minimum absolute atomic E-state index is 0.250. The summed E-state index contributed by atoms with van der Waals surface area (Å²) in [4.78, 5) is 0. The van der Waals surface area contributed by atoms with Crippen molar-refractivity contribution < 1.29 is 22.5 Å². The summed E-state index contributed by atoms with van der Waals surface area (Å²) in [5.74, 6) is 0. The van der Waals surface area contributed by atoms with Crippen molar-refractivity contribution in [2.45, 2.75) is 13.8 Å². The third-order valence-corrected chi connectivity index (χ3v) is 4.85. The highest BCUT2D eigenvalue weighted by Gasteiger charge is 2.28. The lowest BCUT2D eigenvalue weighted by atomic mass is 10.9. The Hall–Kier alpha value is 0.340. The SMILES string of the molecule is CCOP(C)(=O)OP(C)(=O)OCC. The van der Waals surface area contributed by atoms with Crippen LogP contribution >= 0.6 is 15.2 Å². The molecule has 0 rings (SSSR count). The monoisotopic (exact) mass is 230 g/mol. The standard InChI is InChI=1S/C6H16O5P2/c1-5-9-12(3,7)11-13(4,8)10-6-2/h5-6H2,1-4H3. The zero-order valence-electron chi connectivity index (χ0n) is 8.35. The zero-order valence-corrected chi connectivity index (χ0v) is 10.1. The van der Waals surface area contributed by atoms with Crippen LogP contribution in [0.4, 0.5) is 0 Å². The summed E-state index contributed by atoms with van der Waals surface area (Å²) in [7, 11) is -6.46. The maximum atomic E-state index is 11.4. The minimum atomic E-state index is -3.23. The Morgan fingerprint density at radius 3 is 1.46 bits per heavy atom. The lowest BCUT2D eigenvalue weighted by Gasteiger charge is -2.17. The van der Waals surface area contributed by atoms with Gasteiger partial charge in [0.25, 0.3) is 0 Å². The Bertz CT molecular complexity index is 215. The summed E-state index contributed by atoms with van der Waals surface area (Å²) in [5, 5.41) is 0. The van der Waals surface area contributed by atoms with Gasteiger partial charge in [0.05, 0.1) is 13.2 Å². The Balaban J connectivity index is 4.25. The lowest BCUT2D eigenvalue weighted by molar-refractivity contribution is 0.245. The first kappa shape index (κ1) is 13.3. The van der Waals surface area contributed by atoms with Gasteiger partial charge in [0.2, 0.25) is 0 Å². The predicted octanol–water partition coefficient (Wildman–Crippen LogP) is 2.72. The summed E-state index contributed by atoms with van der Waals surface area (Å²) in [5.41, 5.74) is 0. The normalized spacial score (nSPS) is 20.6. The molecule has 80 valence electrons. The van der Waals surface area contributed by atoms with Gasteiger partial charge in [0.1, 0.15) is 0 Å². The fourth-order valence-electron chi connectivity index (χ4n) is 0.786. The quantitative estimate of drug-likeness (QED) is 0.656. The highest BCUT2D eigenvalue weighted by Crippen LogP contribution is 2.60. The van der Waals surface area contributed by atoms with E-state index in [1.807, 2.05) is 0 Å². The van der Waals surface area contributed by atoms with E-state index < -0.39 is 15.2 Å². The van der Waals surface area contributed by atoms with E-state index in [-0.39, 0.29) is 13.2 Å². The van der Waals surface area contributed by atoms with Crippen LogP contribution in [0.1, 0.15) is 13.8 Å². The number of rotatable bonds is 6. The second-order valence-electron chi connectivity index (χ2n) is 2.46. The third kappa shape index (κ3) is 6.42. The van der Waals surface area contributed by atoms with Crippen molar-refractivity contribution in [2.75, 3.05) is 26.5 Å². The Labute approximate surface area is 78.8 Å². The Morgan fingerprint density at radius 1 is 0.923 bits per heavy atom. The highest BCUT2D eigenvalue weighted by molar-refractivity contribution is 7.66. The van der Waals surface area contributed by atoms with Gasteiger partial charge in [-0.2, -0.15) is 0 Å². The van der Waals surface area contributed by atoms with Gasteiger partial charge in [-0.25, -0.2) is 4.31 Å². The van der Waals surface area contributed by atoms with E-state index in [0.29, 0.717) is 0 Å². The van der Waals surface area contributed by atoms with E-state index in [9.17, 15) is 9.13 Å². The van der Waals surface area contributed by atoms with Crippen LogP contribution in [0.2, 0.25) is 0 Å². The molecule has 0 fully saturated rings. The van der Waals surface area contributed by atoms with E-state index in [1.165, 1.54) is 13.3 Å². The van der Waals surface area contributed by atoms with Gasteiger partial charge in [0.15, 0.2) is 0 Å². The summed E-state index contributed by atoms with van der Waals surface area (Å²) in [6.45, 7) is 6.40. The molecule has 0 radical (unpaired) electrons. The molecule has 2 atom stereocenters. The molecule has 5 nitrogen and oxygen atoms in total. The predicted molar refractivity (Wildman–Crippen MR) is 51.4 cm³/mol. The fraction of sp³-hybridized carbons (Fsp3) is 1.00.